The van der Waals surface area contributed by atoms with Crippen LogP contribution in [0.4, 0.5) is 11.4 Å². The summed E-state index contributed by atoms with van der Waals surface area (Å²) in [5, 5.41) is 14.8. The van der Waals surface area contributed by atoms with Crippen LogP contribution < -0.4 is 4.72 Å². The number of nitrogens with zero attached hydrogens (tertiary/aromatic N) is 3. The van der Waals surface area contributed by atoms with E-state index in [1.165, 1.54) is 49.3 Å². The lowest BCUT2D eigenvalue weighted by Gasteiger charge is -2.08. The van der Waals surface area contributed by atoms with Crippen molar-refractivity contribution in [2.45, 2.75) is 18.4 Å². The molecule has 0 spiro atoms. The van der Waals surface area contributed by atoms with E-state index in [1.807, 2.05) is 0 Å². The number of benzene rings is 1. The van der Waals surface area contributed by atoms with Crippen molar-refractivity contribution >= 4 is 27.4 Å². The third-order valence-corrected chi connectivity index (χ3v) is 4.67. The second-order valence-electron chi connectivity index (χ2n) is 4.77. The smallest absolute Gasteiger partial charge is 0.327 e. The van der Waals surface area contributed by atoms with Crippen LogP contribution in [0.25, 0.3) is 0 Å². The van der Waals surface area contributed by atoms with Crippen molar-refractivity contribution in [3.63, 3.8) is 0 Å². The van der Waals surface area contributed by atoms with E-state index >= 15 is 0 Å². The van der Waals surface area contributed by atoms with E-state index in [-0.39, 0.29) is 28.4 Å². The predicted molar refractivity (Wildman–Crippen MR) is 82.9 cm³/mol. The van der Waals surface area contributed by atoms with Crippen molar-refractivity contribution in [1.29, 1.82) is 0 Å². The van der Waals surface area contributed by atoms with Crippen LogP contribution in [0.15, 0.2) is 35.5 Å². The molecule has 1 N–H and O–H groups in total. The molecule has 11 heteroatoms. The van der Waals surface area contributed by atoms with Gasteiger partial charge in [-0.15, -0.1) is 0 Å². The number of nitrogens with one attached hydrogen (secondary N) is 1. The summed E-state index contributed by atoms with van der Waals surface area (Å²) in [6.07, 6.45) is 2.52. The van der Waals surface area contributed by atoms with E-state index in [0.717, 1.165) is 0 Å². The monoisotopic (exact) mass is 354 g/mol. The summed E-state index contributed by atoms with van der Waals surface area (Å²) in [5.74, 6) is -0.540. The number of sulfonamides is 1. The standard InChI is InChI=1S/C13H14N4O6S/c1-9-11(17(19)20)4-3-5-12(9)24(21,22)15-10-6-14-16(7-10)8-13(18)23-2/h3-7,15H,8H2,1-2H3. The van der Waals surface area contributed by atoms with E-state index in [2.05, 4.69) is 14.6 Å². The van der Waals surface area contributed by atoms with Gasteiger partial charge in [0, 0.05) is 17.8 Å². The molecule has 0 amide bonds. The fourth-order valence-corrected chi connectivity index (χ4v) is 3.29. The fraction of sp³-hybridized carbons (Fsp3) is 0.231. The molecule has 0 saturated carbocycles. The van der Waals surface area contributed by atoms with Gasteiger partial charge in [-0.1, -0.05) is 6.07 Å². The van der Waals surface area contributed by atoms with Gasteiger partial charge in [-0.2, -0.15) is 5.10 Å². The number of ether oxygens (including phenoxy) is 1. The lowest BCUT2D eigenvalue weighted by Crippen LogP contribution is -2.15. The number of esters is 1. The Bertz CT molecular complexity index is 890. The zero-order chi connectivity index (χ0) is 17.9. The summed E-state index contributed by atoms with van der Waals surface area (Å²) in [6.45, 7) is 1.18. The number of nitro groups is 1. The molecule has 0 atom stereocenters. The van der Waals surface area contributed by atoms with Gasteiger partial charge in [0.05, 0.1) is 28.8 Å². The average Bonchev–Trinajstić information content (AvgIpc) is 2.92. The SMILES string of the molecule is COC(=O)Cn1cc(NS(=O)(=O)c2cccc([N+](=O)[O-])c2C)cn1. The number of methoxy groups -OCH3 is 1. The number of rotatable bonds is 6. The van der Waals surface area contributed by atoms with E-state index in [4.69, 9.17) is 0 Å². The quantitative estimate of drug-likeness (QED) is 0.466. The first kappa shape index (κ1) is 17.4. The van der Waals surface area contributed by atoms with Gasteiger partial charge in [0.25, 0.3) is 15.7 Å². The summed E-state index contributed by atoms with van der Waals surface area (Å²) < 4.78 is 32.8. The maximum Gasteiger partial charge on any atom is 0.327 e. The lowest BCUT2D eigenvalue weighted by molar-refractivity contribution is -0.385. The molecule has 0 aliphatic rings. The minimum atomic E-state index is -4.04. The Morgan fingerprint density at radius 1 is 1.46 bits per heavy atom. The van der Waals surface area contributed by atoms with Gasteiger partial charge >= 0.3 is 5.97 Å². The number of hydrogen-bond donors (Lipinski definition) is 1. The van der Waals surface area contributed by atoms with Gasteiger partial charge < -0.3 is 4.74 Å². The summed E-state index contributed by atoms with van der Waals surface area (Å²) in [5.41, 5.74) is -0.152. The largest absolute Gasteiger partial charge is 0.468 e. The number of carbonyl (C=O) groups is 1. The van der Waals surface area contributed by atoms with Crippen molar-refractivity contribution in [3.8, 4) is 0 Å². The fourth-order valence-electron chi connectivity index (χ4n) is 2.00. The molecule has 0 fully saturated rings. The van der Waals surface area contributed by atoms with Gasteiger partial charge in [0.1, 0.15) is 6.54 Å². The Kier molecular flexibility index (Phi) is 4.83. The van der Waals surface area contributed by atoms with Crippen molar-refractivity contribution in [3.05, 3.63) is 46.3 Å². The number of hydrogen-bond acceptors (Lipinski definition) is 7. The molecule has 2 rings (SSSR count). The Morgan fingerprint density at radius 3 is 2.79 bits per heavy atom. The van der Waals surface area contributed by atoms with Crippen molar-refractivity contribution in [2.24, 2.45) is 0 Å². The molecule has 0 unspecified atom stereocenters. The Morgan fingerprint density at radius 2 is 2.17 bits per heavy atom. The molecular weight excluding hydrogens is 340 g/mol. The van der Waals surface area contributed by atoms with E-state index < -0.39 is 20.9 Å². The maximum atomic E-state index is 12.4. The normalized spacial score (nSPS) is 11.1. The first-order valence-corrected chi connectivity index (χ1v) is 8.09. The van der Waals surface area contributed by atoms with Crippen LogP contribution >= 0.6 is 0 Å². The lowest BCUT2D eigenvalue weighted by atomic mass is 10.2. The Balaban J connectivity index is 2.28. The number of carbonyl (C=O) groups excluding carboxylic acids is 1. The summed E-state index contributed by atoms with van der Waals surface area (Å²) in [7, 11) is -2.82. The highest BCUT2D eigenvalue weighted by Crippen LogP contribution is 2.26. The minimum Gasteiger partial charge on any atom is -0.468 e. The molecular formula is C13H14N4O6S. The van der Waals surface area contributed by atoms with Crippen molar-refractivity contribution in [1.82, 2.24) is 9.78 Å². The van der Waals surface area contributed by atoms with Crippen LogP contribution in [0.1, 0.15) is 5.56 Å². The second kappa shape index (κ2) is 6.66. The maximum absolute atomic E-state index is 12.4. The number of nitro benzene ring substituents is 1. The highest BCUT2D eigenvalue weighted by Gasteiger charge is 2.23. The molecule has 0 aliphatic carbocycles. The van der Waals surface area contributed by atoms with Gasteiger partial charge in [0.2, 0.25) is 0 Å². The molecule has 2 aromatic rings. The Labute approximate surface area is 137 Å². The van der Waals surface area contributed by atoms with E-state index in [1.54, 1.807) is 0 Å². The van der Waals surface area contributed by atoms with Crippen LogP contribution in [-0.2, 0) is 26.1 Å². The topological polar surface area (TPSA) is 133 Å². The summed E-state index contributed by atoms with van der Waals surface area (Å²) >= 11 is 0. The first-order valence-electron chi connectivity index (χ1n) is 6.60. The van der Waals surface area contributed by atoms with Crippen LogP contribution in [0, 0.1) is 17.0 Å². The number of aromatic nitrogens is 2. The van der Waals surface area contributed by atoms with Gasteiger partial charge in [-0.05, 0) is 13.0 Å². The van der Waals surface area contributed by atoms with Crippen LogP contribution in [-0.4, -0.2) is 36.2 Å². The zero-order valence-electron chi connectivity index (χ0n) is 12.8. The second-order valence-corrected chi connectivity index (χ2v) is 6.42. The molecule has 1 heterocycles. The van der Waals surface area contributed by atoms with E-state index in [0.29, 0.717) is 0 Å². The molecule has 128 valence electrons. The first-order chi connectivity index (χ1) is 11.2. The van der Waals surface area contributed by atoms with Crippen molar-refractivity contribution < 1.29 is 22.9 Å². The molecule has 10 nitrogen and oxygen atoms in total. The van der Waals surface area contributed by atoms with Crippen LogP contribution in [0.5, 0.6) is 0 Å². The van der Waals surface area contributed by atoms with Crippen LogP contribution in [0.2, 0.25) is 0 Å². The molecule has 0 saturated heterocycles. The highest BCUT2D eigenvalue weighted by atomic mass is 32.2. The van der Waals surface area contributed by atoms with Crippen molar-refractivity contribution in [2.75, 3.05) is 11.8 Å². The molecule has 0 radical (unpaired) electrons. The molecule has 1 aromatic heterocycles. The highest BCUT2D eigenvalue weighted by molar-refractivity contribution is 7.92. The van der Waals surface area contributed by atoms with Crippen LogP contribution in [0.3, 0.4) is 0 Å². The third-order valence-electron chi connectivity index (χ3n) is 3.15. The molecule has 0 bridgehead atoms. The molecule has 1 aromatic carbocycles. The Hall–Kier alpha value is -2.95. The predicted octanol–water partition coefficient (Wildman–Crippen LogP) is 1.07. The zero-order valence-corrected chi connectivity index (χ0v) is 13.6. The third kappa shape index (κ3) is 3.68. The van der Waals surface area contributed by atoms with Gasteiger partial charge in [-0.3, -0.25) is 24.3 Å². The number of anilines is 1. The average molecular weight is 354 g/mol. The molecule has 0 aliphatic heterocycles. The summed E-state index contributed by atoms with van der Waals surface area (Å²) in [4.78, 5) is 21.2. The van der Waals surface area contributed by atoms with Gasteiger partial charge in [-0.25, -0.2) is 8.42 Å². The van der Waals surface area contributed by atoms with E-state index in [9.17, 15) is 23.3 Å². The summed E-state index contributed by atoms with van der Waals surface area (Å²) in [6, 6.07) is 3.78. The minimum absolute atomic E-state index is 0.0250. The van der Waals surface area contributed by atoms with Gasteiger partial charge in [0.15, 0.2) is 0 Å². The molecule has 24 heavy (non-hydrogen) atoms.